The maximum atomic E-state index is 13.5. The summed E-state index contributed by atoms with van der Waals surface area (Å²) in [4.78, 5) is 11.8. The summed E-state index contributed by atoms with van der Waals surface area (Å²) in [5.41, 5.74) is -1.09. The number of nitrogens with one attached hydrogen (secondary N) is 1. The first-order chi connectivity index (χ1) is 11.6. The fourth-order valence-corrected chi connectivity index (χ4v) is 1.74. The normalized spacial score (nSPS) is 11.3. The Morgan fingerprint density at radius 1 is 0.960 bits per heavy atom. The molecule has 0 radical (unpaired) electrons. The summed E-state index contributed by atoms with van der Waals surface area (Å²) >= 11 is 0. The fourth-order valence-electron chi connectivity index (χ4n) is 1.74. The monoisotopic (exact) mass is 367 g/mol. The predicted octanol–water partition coefficient (Wildman–Crippen LogP) is 4.44. The van der Waals surface area contributed by atoms with Crippen LogP contribution in [0.5, 0.6) is 5.75 Å². The number of alkyl halides is 3. The SMILES string of the molecule is O=C(Nc1ccc(OCC(F)(F)F)cc1)c1cc(F)c(F)c(F)c1F. The zero-order valence-corrected chi connectivity index (χ0v) is 12.1. The van der Waals surface area contributed by atoms with E-state index in [1.165, 1.54) is 0 Å². The van der Waals surface area contributed by atoms with Crippen molar-refractivity contribution in [2.24, 2.45) is 0 Å². The van der Waals surface area contributed by atoms with Crippen LogP contribution < -0.4 is 10.1 Å². The predicted molar refractivity (Wildman–Crippen MR) is 72.2 cm³/mol. The minimum absolute atomic E-state index is 0.0195. The van der Waals surface area contributed by atoms with Crippen LogP contribution in [0.15, 0.2) is 30.3 Å². The second kappa shape index (κ2) is 6.99. The molecule has 2 aromatic rings. The number of carbonyl (C=O) groups excluding carboxylic acids is 1. The topological polar surface area (TPSA) is 38.3 Å². The van der Waals surface area contributed by atoms with Gasteiger partial charge in [0.1, 0.15) is 5.75 Å². The van der Waals surface area contributed by atoms with Crippen molar-refractivity contribution in [1.82, 2.24) is 0 Å². The van der Waals surface area contributed by atoms with E-state index in [4.69, 9.17) is 0 Å². The van der Waals surface area contributed by atoms with Crippen LogP contribution in [0.2, 0.25) is 0 Å². The molecule has 1 amide bonds. The Bertz CT molecular complexity index is 788. The zero-order valence-electron chi connectivity index (χ0n) is 12.1. The molecule has 2 aromatic carbocycles. The van der Waals surface area contributed by atoms with Gasteiger partial charge in [-0.3, -0.25) is 4.79 Å². The van der Waals surface area contributed by atoms with Crippen LogP contribution in [0.3, 0.4) is 0 Å². The van der Waals surface area contributed by atoms with Gasteiger partial charge in [0.2, 0.25) is 0 Å². The molecule has 0 aliphatic rings. The largest absolute Gasteiger partial charge is 0.484 e. The van der Waals surface area contributed by atoms with Gasteiger partial charge in [-0.25, -0.2) is 17.6 Å². The molecule has 3 nitrogen and oxygen atoms in total. The Balaban J connectivity index is 2.11. The minimum Gasteiger partial charge on any atom is -0.484 e. The van der Waals surface area contributed by atoms with Crippen LogP contribution in [0.1, 0.15) is 10.4 Å². The van der Waals surface area contributed by atoms with Crippen LogP contribution in [0, 0.1) is 23.3 Å². The molecule has 2 rings (SSSR count). The van der Waals surface area contributed by atoms with Gasteiger partial charge in [-0.2, -0.15) is 13.2 Å². The molecule has 0 aliphatic carbocycles. The lowest BCUT2D eigenvalue weighted by atomic mass is 10.1. The summed E-state index contributed by atoms with van der Waals surface area (Å²) in [6.45, 7) is -1.52. The molecule has 0 saturated carbocycles. The number of hydrogen-bond acceptors (Lipinski definition) is 2. The lowest BCUT2D eigenvalue weighted by Crippen LogP contribution is -2.19. The van der Waals surface area contributed by atoms with Gasteiger partial charge in [0.25, 0.3) is 5.91 Å². The molecule has 1 N–H and O–H groups in total. The Labute approximate surface area is 136 Å². The van der Waals surface area contributed by atoms with Crippen LogP contribution in [-0.2, 0) is 0 Å². The number of amides is 1. The van der Waals surface area contributed by atoms with Crippen LogP contribution in [0.25, 0.3) is 0 Å². The maximum Gasteiger partial charge on any atom is 0.422 e. The average Bonchev–Trinajstić information content (AvgIpc) is 2.54. The Kier molecular flexibility index (Phi) is 5.19. The molecule has 0 unspecified atom stereocenters. The molecule has 0 aromatic heterocycles. The molecule has 0 spiro atoms. The minimum atomic E-state index is -4.53. The van der Waals surface area contributed by atoms with E-state index < -0.39 is 47.5 Å². The van der Waals surface area contributed by atoms with Crippen LogP contribution in [-0.4, -0.2) is 18.7 Å². The summed E-state index contributed by atoms with van der Waals surface area (Å²) in [7, 11) is 0. The fraction of sp³-hybridized carbons (Fsp3) is 0.133. The smallest absolute Gasteiger partial charge is 0.422 e. The van der Waals surface area contributed by atoms with Gasteiger partial charge < -0.3 is 10.1 Å². The van der Waals surface area contributed by atoms with Gasteiger partial charge in [-0.15, -0.1) is 0 Å². The van der Waals surface area contributed by atoms with Crippen molar-refractivity contribution < 1.29 is 40.3 Å². The molecule has 0 aliphatic heterocycles. The third-order valence-corrected chi connectivity index (χ3v) is 2.86. The highest BCUT2D eigenvalue weighted by atomic mass is 19.4. The van der Waals surface area contributed by atoms with E-state index in [0.29, 0.717) is 0 Å². The van der Waals surface area contributed by atoms with E-state index in [1.807, 2.05) is 0 Å². The molecule has 25 heavy (non-hydrogen) atoms. The zero-order chi connectivity index (χ0) is 18.8. The van der Waals surface area contributed by atoms with E-state index in [0.717, 1.165) is 24.3 Å². The van der Waals surface area contributed by atoms with Crippen molar-refractivity contribution in [2.45, 2.75) is 6.18 Å². The van der Waals surface area contributed by atoms with E-state index >= 15 is 0 Å². The molecule has 0 heterocycles. The Hall–Kier alpha value is -2.78. The number of carbonyl (C=O) groups is 1. The van der Waals surface area contributed by atoms with Gasteiger partial charge >= 0.3 is 6.18 Å². The highest BCUT2D eigenvalue weighted by Crippen LogP contribution is 2.22. The highest BCUT2D eigenvalue weighted by molar-refractivity contribution is 6.04. The maximum absolute atomic E-state index is 13.5. The van der Waals surface area contributed by atoms with E-state index in [1.54, 1.807) is 0 Å². The average molecular weight is 367 g/mol. The van der Waals surface area contributed by atoms with E-state index in [2.05, 4.69) is 10.1 Å². The Morgan fingerprint density at radius 2 is 1.56 bits per heavy atom. The lowest BCUT2D eigenvalue weighted by molar-refractivity contribution is -0.153. The lowest BCUT2D eigenvalue weighted by Gasteiger charge is -2.10. The van der Waals surface area contributed by atoms with Crippen molar-refractivity contribution >= 4 is 11.6 Å². The number of ether oxygens (including phenoxy) is 1. The van der Waals surface area contributed by atoms with Crippen molar-refractivity contribution in [3.8, 4) is 5.75 Å². The number of anilines is 1. The molecular weight excluding hydrogens is 359 g/mol. The highest BCUT2D eigenvalue weighted by Gasteiger charge is 2.28. The number of rotatable bonds is 4. The quantitative estimate of drug-likeness (QED) is 0.493. The summed E-state index contributed by atoms with van der Waals surface area (Å²) in [6.07, 6.45) is -4.53. The number of benzene rings is 2. The second-order valence-corrected chi connectivity index (χ2v) is 4.73. The molecular formula is C15H8F7NO2. The molecule has 0 saturated heterocycles. The van der Waals surface area contributed by atoms with Gasteiger partial charge in [-0.05, 0) is 30.3 Å². The second-order valence-electron chi connectivity index (χ2n) is 4.73. The third kappa shape index (κ3) is 4.61. The van der Waals surface area contributed by atoms with Crippen molar-refractivity contribution in [1.29, 1.82) is 0 Å². The first-order valence-electron chi connectivity index (χ1n) is 6.52. The summed E-state index contributed by atoms with van der Waals surface area (Å²) in [5.74, 6) is -9.25. The first kappa shape index (κ1) is 18.6. The molecule has 10 heteroatoms. The summed E-state index contributed by atoms with van der Waals surface area (Å²) in [5, 5.41) is 2.06. The Morgan fingerprint density at radius 3 is 2.12 bits per heavy atom. The number of hydrogen-bond donors (Lipinski definition) is 1. The molecule has 0 atom stereocenters. The molecule has 0 fully saturated rings. The van der Waals surface area contributed by atoms with Crippen molar-refractivity contribution in [2.75, 3.05) is 11.9 Å². The van der Waals surface area contributed by atoms with Crippen LogP contribution >= 0.6 is 0 Å². The van der Waals surface area contributed by atoms with E-state index in [-0.39, 0.29) is 17.5 Å². The van der Waals surface area contributed by atoms with Crippen molar-refractivity contribution in [3.63, 3.8) is 0 Å². The molecule has 0 bridgehead atoms. The van der Waals surface area contributed by atoms with Crippen LogP contribution in [0.4, 0.5) is 36.4 Å². The van der Waals surface area contributed by atoms with Gasteiger partial charge in [0, 0.05) is 5.69 Å². The van der Waals surface area contributed by atoms with Crippen molar-refractivity contribution in [3.05, 3.63) is 59.2 Å². The number of halogens is 7. The summed E-state index contributed by atoms with van der Waals surface area (Å²) in [6, 6.07) is 4.60. The van der Waals surface area contributed by atoms with Gasteiger partial charge in [0.15, 0.2) is 29.9 Å². The first-order valence-corrected chi connectivity index (χ1v) is 6.52. The van der Waals surface area contributed by atoms with Gasteiger partial charge in [0.05, 0.1) is 5.56 Å². The molecule has 134 valence electrons. The van der Waals surface area contributed by atoms with E-state index in [9.17, 15) is 35.5 Å². The standard InChI is InChI=1S/C15H8F7NO2/c16-10-5-9(11(17)13(19)12(10)18)14(24)23-7-1-3-8(4-2-7)25-6-15(20,21)22/h1-5H,6H2,(H,23,24). The van der Waals surface area contributed by atoms with Gasteiger partial charge in [-0.1, -0.05) is 0 Å². The third-order valence-electron chi connectivity index (χ3n) is 2.86. The summed E-state index contributed by atoms with van der Waals surface area (Å²) < 4.78 is 93.0.